The molecule has 1 rings (SSSR count). The Kier molecular flexibility index (Phi) is 3.65. The Labute approximate surface area is 73.5 Å². The molecule has 0 spiro atoms. The van der Waals surface area contributed by atoms with Crippen molar-refractivity contribution in [1.82, 2.24) is 15.3 Å². The molecule has 0 aromatic rings. The van der Waals surface area contributed by atoms with Crippen LogP contribution in [0, 0.1) is 0 Å². The summed E-state index contributed by atoms with van der Waals surface area (Å²) in [6, 6.07) is 0.490. The second-order valence-corrected chi connectivity index (χ2v) is 3.22. The highest BCUT2D eigenvalue weighted by Gasteiger charge is 2.20. The van der Waals surface area contributed by atoms with Crippen molar-refractivity contribution < 1.29 is 4.79 Å². The monoisotopic (exact) mass is 171 g/mol. The van der Waals surface area contributed by atoms with Gasteiger partial charge in [0.05, 0.1) is 6.54 Å². The number of carbonyl (C=O) groups excluding carboxylic acids is 1. The Morgan fingerprint density at radius 2 is 2.50 bits per heavy atom. The summed E-state index contributed by atoms with van der Waals surface area (Å²) in [6.45, 7) is 5.65. The fourth-order valence-corrected chi connectivity index (χ4v) is 1.55. The van der Waals surface area contributed by atoms with Crippen LogP contribution in [0.2, 0.25) is 0 Å². The standard InChI is InChI=1S/C8H17N3O/c1-8-7-9-3-4-11(8)10(2)5-6-12/h6,8-9H,3-5,7H2,1-2H3. The van der Waals surface area contributed by atoms with Gasteiger partial charge in [-0.2, -0.15) is 0 Å². The summed E-state index contributed by atoms with van der Waals surface area (Å²) in [5.41, 5.74) is 0. The molecule has 1 aliphatic rings. The minimum atomic E-state index is 0.490. The van der Waals surface area contributed by atoms with Crippen molar-refractivity contribution in [3.05, 3.63) is 0 Å². The maximum atomic E-state index is 10.3. The van der Waals surface area contributed by atoms with Crippen LogP contribution in [0.1, 0.15) is 6.92 Å². The molecule has 1 heterocycles. The number of nitrogens with zero attached hydrogens (tertiary/aromatic N) is 2. The van der Waals surface area contributed by atoms with Crippen molar-refractivity contribution in [2.75, 3.05) is 33.2 Å². The second-order valence-electron chi connectivity index (χ2n) is 3.22. The minimum Gasteiger partial charge on any atom is -0.314 e. The van der Waals surface area contributed by atoms with Gasteiger partial charge in [-0.05, 0) is 6.92 Å². The van der Waals surface area contributed by atoms with Crippen LogP contribution in [-0.4, -0.2) is 55.6 Å². The van der Waals surface area contributed by atoms with Crippen molar-refractivity contribution in [2.45, 2.75) is 13.0 Å². The van der Waals surface area contributed by atoms with E-state index in [1.165, 1.54) is 0 Å². The Morgan fingerprint density at radius 3 is 3.08 bits per heavy atom. The maximum Gasteiger partial charge on any atom is 0.135 e. The molecule has 0 saturated carbocycles. The van der Waals surface area contributed by atoms with E-state index < -0.39 is 0 Å². The maximum absolute atomic E-state index is 10.3. The molecule has 1 fully saturated rings. The van der Waals surface area contributed by atoms with Gasteiger partial charge < -0.3 is 10.1 Å². The largest absolute Gasteiger partial charge is 0.314 e. The first-order valence-electron chi connectivity index (χ1n) is 4.37. The van der Waals surface area contributed by atoms with Crippen LogP contribution >= 0.6 is 0 Å². The molecule has 0 amide bonds. The minimum absolute atomic E-state index is 0.490. The van der Waals surface area contributed by atoms with Gasteiger partial charge in [0.1, 0.15) is 6.29 Å². The van der Waals surface area contributed by atoms with E-state index in [0.29, 0.717) is 12.6 Å². The normalized spacial score (nSPS) is 26.1. The SMILES string of the molecule is CC1CNCCN1N(C)CC=O. The number of hydrogen-bond donors (Lipinski definition) is 1. The topological polar surface area (TPSA) is 35.6 Å². The number of rotatable bonds is 3. The molecule has 70 valence electrons. The average Bonchev–Trinajstić information content (AvgIpc) is 2.05. The molecule has 0 bridgehead atoms. The third-order valence-electron chi connectivity index (χ3n) is 2.24. The molecule has 1 N–H and O–H groups in total. The molecule has 0 aromatic carbocycles. The average molecular weight is 171 g/mol. The smallest absolute Gasteiger partial charge is 0.135 e. The van der Waals surface area contributed by atoms with Gasteiger partial charge in [0.15, 0.2) is 0 Å². The van der Waals surface area contributed by atoms with Crippen LogP contribution in [0.25, 0.3) is 0 Å². The first-order valence-corrected chi connectivity index (χ1v) is 4.37. The molecule has 1 aliphatic heterocycles. The summed E-state index contributed by atoms with van der Waals surface area (Å²) in [5, 5.41) is 7.52. The molecule has 1 saturated heterocycles. The summed E-state index contributed by atoms with van der Waals surface area (Å²) in [6.07, 6.45) is 0.939. The highest BCUT2D eigenvalue weighted by Crippen LogP contribution is 2.03. The molecular formula is C8H17N3O. The zero-order chi connectivity index (χ0) is 8.97. The highest BCUT2D eigenvalue weighted by atomic mass is 16.1. The van der Waals surface area contributed by atoms with Crippen LogP contribution < -0.4 is 5.32 Å². The Hall–Kier alpha value is -0.450. The Balaban J connectivity index is 2.41. The quantitative estimate of drug-likeness (QED) is 0.571. The van der Waals surface area contributed by atoms with Gasteiger partial charge in [-0.15, -0.1) is 0 Å². The van der Waals surface area contributed by atoms with Crippen LogP contribution in [0.5, 0.6) is 0 Å². The number of piperazine rings is 1. The van der Waals surface area contributed by atoms with Crippen LogP contribution in [0.3, 0.4) is 0 Å². The summed E-state index contributed by atoms with van der Waals surface area (Å²) < 4.78 is 0. The predicted molar refractivity (Wildman–Crippen MR) is 47.7 cm³/mol. The first kappa shape index (κ1) is 9.64. The van der Waals surface area contributed by atoms with Gasteiger partial charge in [0.25, 0.3) is 0 Å². The molecule has 12 heavy (non-hydrogen) atoms. The Bertz CT molecular complexity index is 151. The van der Waals surface area contributed by atoms with Gasteiger partial charge in [0, 0.05) is 32.7 Å². The lowest BCUT2D eigenvalue weighted by molar-refractivity contribution is -0.115. The molecule has 0 aliphatic carbocycles. The zero-order valence-electron chi connectivity index (χ0n) is 7.79. The van der Waals surface area contributed by atoms with Gasteiger partial charge >= 0.3 is 0 Å². The van der Waals surface area contributed by atoms with Crippen molar-refractivity contribution in [3.8, 4) is 0 Å². The third-order valence-corrected chi connectivity index (χ3v) is 2.24. The van der Waals surface area contributed by atoms with Gasteiger partial charge in [-0.1, -0.05) is 0 Å². The number of hydrogen-bond acceptors (Lipinski definition) is 4. The van der Waals surface area contributed by atoms with E-state index in [1.54, 1.807) is 0 Å². The first-order chi connectivity index (χ1) is 5.75. The van der Waals surface area contributed by atoms with Crippen molar-refractivity contribution in [2.24, 2.45) is 0 Å². The van der Waals surface area contributed by atoms with Crippen LogP contribution in [-0.2, 0) is 4.79 Å². The summed E-state index contributed by atoms with van der Waals surface area (Å²) in [4.78, 5) is 10.3. The van der Waals surface area contributed by atoms with E-state index in [4.69, 9.17) is 0 Å². The molecular weight excluding hydrogens is 154 g/mol. The van der Waals surface area contributed by atoms with Crippen molar-refractivity contribution in [3.63, 3.8) is 0 Å². The molecule has 4 nitrogen and oxygen atoms in total. The summed E-state index contributed by atoms with van der Waals surface area (Å²) in [7, 11) is 1.95. The van der Waals surface area contributed by atoms with Crippen LogP contribution in [0.15, 0.2) is 0 Å². The lowest BCUT2D eigenvalue weighted by atomic mass is 10.2. The van der Waals surface area contributed by atoms with Crippen LogP contribution in [0.4, 0.5) is 0 Å². The van der Waals surface area contributed by atoms with Crippen molar-refractivity contribution in [1.29, 1.82) is 0 Å². The Morgan fingerprint density at radius 1 is 1.75 bits per heavy atom. The molecule has 0 aromatic heterocycles. The van der Waals surface area contributed by atoms with E-state index in [9.17, 15) is 4.79 Å². The summed E-state index contributed by atoms with van der Waals surface area (Å²) in [5.74, 6) is 0. The molecule has 0 radical (unpaired) electrons. The highest BCUT2D eigenvalue weighted by molar-refractivity contribution is 5.51. The molecule has 1 unspecified atom stereocenters. The van der Waals surface area contributed by atoms with E-state index in [-0.39, 0.29) is 0 Å². The van der Waals surface area contributed by atoms with E-state index in [0.717, 1.165) is 25.9 Å². The number of hydrazine groups is 1. The van der Waals surface area contributed by atoms with E-state index in [1.807, 2.05) is 12.1 Å². The predicted octanol–water partition coefficient (Wildman–Crippen LogP) is -0.674. The number of nitrogens with one attached hydrogen (secondary N) is 1. The fourth-order valence-electron chi connectivity index (χ4n) is 1.55. The lowest BCUT2D eigenvalue weighted by Gasteiger charge is -2.39. The van der Waals surface area contributed by atoms with Gasteiger partial charge in [-0.25, -0.2) is 10.0 Å². The second kappa shape index (κ2) is 4.54. The lowest BCUT2D eigenvalue weighted by Crippen LogP contribution is -2.56. The van der Waals surface area contributed by atoms with Crippen molar-refractivity contribution >= 4 is 6.29 Å². The number of aldehydes is 1. The van der Waals surface area contributed by atoms with E-state index in [2.05, 4.69) is 17.2 Å². The zero-order valence-corrected chi connectivity index (χ0v) is 7.79. The molecule has 4 heteroatoms. The summed E-state index contributed by atoms with van der Waals surface area (Å²) >= 11 is 0. The fraction of sp³-hybridized carbons (Fsp3) is 0.875. The number of likely N-dealkylation sites (N-methyl/N-ethyl adjacent to an activating group) is 1. The number of carbonyl (C=O) groups is 1. The van der Waals surface area contributed by atoms with Gasteiger partial charge in [-0.3, -0.25) is 0 Å². The third kappa shape index (κ3) is 2.27. The molecule has 1 atom stereocenters. The van der Waals surface area contributed by atoms with E-state index >= 15 is 0 Å². The van der Waals surface area contributed by atoms with Gasteiger partial charge in [0.2, 0.25) is 0 Å².